The number of urea groups is 1. The maximum Gasteiger partial charge on any atom is 0.320 e. The van der Waals surface area contributed by atoms with E-state index in [1.165, 1.54) is 6.42 Å². The number of carbonyl (C=O) groups excluding carboxylic acids is 2. The maximum atomic E-state index is 12.6. The lowest BCUT2D eigenvalue weighted by Gasteiger charge is -2.38. The second-order valence-corrected chi connectivity index (χ2v) is 7.00. The molecule has 3 amide bonds. The Morgan fingerprint density at radius 1 is 0.792 bits per heavy atom. The predicted octanol–water partition coefficient (Wildman–Crippen LogP) is 3.36. The molecule has 24 heavy (non-hydrogen) atoms. The number of piperazine rings is 1. The molecule has 2 fully saturated rings. The second-order valence-electron chi connectivity index (χ2n) is 6.21. The summed E-state index contributed by atoms with van der Waals surface area (Å²) >= 11 is 12.1. The summed E-state index contributed by atoms with van der Waals surface area (Å²) in [4.78, 5) is 30.6. The highest BCUT2D eigenvalue weighted by atomic mass is 35.5. The van der Waals surface area contributed by atoms with Crippen LogP contribution in [0.4, 0.5) is 4.79 Å². The molecule has 1 aromatic rings. The lowest BCUT2D eigenvalue weighted by molar-refractivity contribution is 0.0633. The van der Waals surface area contributed by atoms with Crippen molar-refractivity contribution < 1.29 is 9.59 Å². The first-order valence-corrected chi connectivity index (χ1v) is 9.10. The van der Waals surface area contributed by atoms with Crippen molar-refractivity contribution in [1.82, 2.24) is 14.7 Å². The van der Waals surface area contributed by atoms with E-state index in [0.717, 1.165) is 25.9 Å². The third kappa shape index (κ3) is 3.62. The van der Waals surface area contributed by atoms with Gasteiger partial charge in [0.25, 0.3) is 5.91 Å². The first-order chi connectivity index (χ1) is 11.6. The predicted molar refractivity (Wildman–Crippen MR) is 94.8 cm³/mol. The minimum Gasteiger partial charge on any atom is -0.335 e. The van der Waals surface area contributed by atoms with Crippen molar-refractivity contribution in [2.24, 2.45) is 0 Å². The number of halogens is 2. The van der Waals surface area contributed by atoms with Gasteiger partial charge in [0.2, 0.25) is 0 Å². The van der Waals surface area contributed by atoms with Gasteiger partial charge in [-0.3, -0.25) is 4.79 Å². The molecule has 0 bridgehead atoms. The molecule has 0 saturated carbocycles. The molecule has 2 aliphatic rings. The Labute approximate surface area is 152 Å². The van der Waals surface area contributed by atoms with E-state index in [9.17, 15) is 9.59 Å². The molecule has 0 aliphatic carbocycles. The van der Waals surface area contributed by atoms with E-state index in [1.54, 1.807) is 23.1 Å². The highest BCUT2D eigenvalue weighted by molar-refractivity contribution is 6.43. The molecule has 0 aromatic heterocycles. The van der Waals surface area contributed by atoms with E-state index in [1.807, 2.05) is 9.80 Å². The van der Waals surface area contributed by atoms with E-state index in [4.69, 9.17) is 23.2 Å². The van der Waals surface area contributed by atoms with Crippen molar-refractivity contribution in [2.45, 2.75) is 19.3 Å². The third-order valence-corrected chi connectivity index (χ3v) is 5.46. The summed E-state index contributed by atoms with van der Waals surface area (Å²) in [7, 11) is 0. The molecule has 3 rings (SSSR count). The van der Waals surface area contributed by atoms with Crippen LogP contribution in [0.1, 0.15) is 29.6 Å². The van der Waals surface area contributed by atoms with Crippen LogP contribution in [0.3, 0.4) is 0 Å². The zero-order valence-corrected chi connectivity index (χ0v) is 15.0. The van der Waals surface area contributed by atoms with Gasteiger partial charge in [-0.2, -0.15) is 0 Å². The van der Waals surface area contributed by atoms with E-state index < -0.39 is 0 Å². The van der Waals surface area contributed by atoms with Gasteiger partial charge in [0.1, 0.15) is 0 Å². The van der Waals surface area contributed by atoms with Gasteiger partial charge in [-0.1, -0.05) is 29.3 Å². The molecule has 2 heterocycles. The van der Waals surface area contributed by atoms with E-state index in [2.05, 4.69) is 0 Å². The van der Waals surface area contributed by atoms with Gasteiger partial charge in [0.15, 0.2) is 0 Å². The van der Waals surface area contributed by atoms with Crippen LogP contribution in [0.25, 0.3) is 0 Å². The molecular weight excluding hydrogens is 349 g/mol. The molecule has 5 nitrogen and oxygen atoms in total. The molecule has 0 atom stereocenters. The standard InChI is InChI=1S/C17H21Cl2N3O2/c18-14-6-4-5-13(15(14)19)16(23)20-9-11-22(12-10-20)17(24)21-7-2-1-3-8-21/h4-6H,1-3,7-12H2. The Balaban J connectivity index is 1.59. The minimum absolute atomic E-state index is 0.0996. The van der Waals surface area contributed by atoms with Crippen LogP contribution >= 0.6 is 23.2 Å². The lowest BCUT2D eigenvalue weighted by Crippen LogP contribution is -2.54. The Bertz CT molecular complexity index is 624. The zero-order valence-electron chi connectivity index (χ0n) is 13.5. The number of piperidine rings is 1. The summed E-state index contributed by atoms with van der Waals surface area (Å²) in [6.45, 7) is 3.83. The molecule has 7 heteroatoms. The fraction of sp³-hybridized carbons (Fsp3) is 0.529. The summed E-state index contributed by atoms with van der Waals surface area (Å²) in [5.74, 6) is -0.132. The van der Waals surface area contributed by atoms with Gasteiger partial charge >= 0.3 is 6.03 Å². The molecule has 0 unspecified atom stereocenters. The largest absolute Gasteiger partial charge is 0.335 e. The first-order valence-electron chi connectivity index (χ1n) is 8.35. The Morgan fingerprint density at radius 3 is 2.04 bits per heavy atom. The van der Waals surface area contributed by atoms with Gasteiger partial charge in [-0.15, -0.1) is 0 Å². The van der Waals surface area contributed by atoms with Gasteiger partial charge < -0.3 is 14.7 Å². The molecule has 0 N–H and O–H groups in total. The smallest absolute Gasteiger partial charge is 0.320 e. The third-order valence-electron chi connectivity index (χ3n) is 4.65. The molecule has 2 aliphatic heterocycles. The van der Waals surface area contributed by atoms with E-state index >= 15 is 0 Å². The second kappa shape index (κ2) is 7.62. The van der Waals surface area contributed by atoms with Crippen LogP contribution in [0.15, 0.2) is 18.2 Å². The summed E-state index contributed by atoms with van der Waals surface area (Å²) in [5, 5.41) is 0.664. The number of benzene rings is 1. The van der Waals surface area contributed by atoms with Gasteiger partial charge in [0.05, 0.1) is 15.6 Å². The summed E-state index contributed by atoms with van der Waals surface area (Å²) in [5.41, 5.74) is 0.417. The molecular formula is C17H21Cl2N3O2. The van der Waals surface area contributed by atoms with Crippen molar-refractivity contribution in [3.8, 4) is 0 Å². The number of nitrogens with zero attached hydrogens (tertiary/aromatic N) is 3. The Hall–Kier alpha value is -1.46. The van der Waals surface area contributed by atoms with Crippen molar-refractivity contribution in [3.63, 3.8) is 0 Å². The Kier molecular flexibility index (Phi) is 5.51. The first kappa shape index (κ1) is 17.4. The van der Waals surface area contributed by atoms with E-state index in [0.29, 0.717) is 36.8 Å². The van der Waals surface area contributed by atoms with Crippen LogP contribution < -0.4 is 0 Å². The van der Waals surface area contributed by atoms with Crippen molar-refractivity contribution >= 4 is 35.1 Å². The quantitative estimate of drug-likeness (QED) is 0.761. The maximum absolute atomic E-state index is 12.6. The average Bonchev–Trinajstić information content (AvgIpc) is 2.64. The highest BCUT2D eigenvalue weighted by Gasteiger charge is 2.29. The number of hydrogen-bond acceptors (Lipinski definition) is 2. The normalized spacial score (nSPS) is 18.7. The number of hydrogen-bond donors (Lipinski definition) is 0. The minimum atomic E-state index is -0.132. The van der Waals surface area contributed by atoms with Crippen LogP contribution in [-0.2, 0) is 0 Å². The number of likely N-dealkylation sites (tertiary alicyclic amines) is 1. The van der Waals surface area contributed by atoms with Crippen LogP contribution in [0.2, 0.25) is 10.0 Å². The van der Waals surface area contributed by atoms with Gasteiger partial charge in [-0.05, 0) is 31.4 Å². The summed E-state index contributed by atoms with van der Waals surface area (Å²) in [6.07, 6.45) is 3.36. The SMILES string of the molecule is O=C(c1cccc(Cl)c1Cl)N1CCN(C(=O)N2CCCCC2)CC1. The summed E-state index contributed by atoms with van der Waals surface area (Å²) < 4.78 is 0. The molecule has 0 radical (unpaired) electrons. The van der Waals surface area contributed by atoms with Crippen LogP contribution in [-0.4, -0.2) is 65.9 Å². The fourth-order valence-electron chi connectivity index (χ4n) is 3.23. The average molecular weight is 370 g/mol. The number of rotatable bonds is 1. The van der Waals surface area contributed by atoms with Crippen LogP contribution in [0, 0.1) is 0 Å². The van der Waals surface area contributed by atoms with Crippen molar-refractivity contribution in [2.75, 3.05) is 39.3 Å². The van der Waals surface area contributed by atoms with E-state index in [-0.39, 0.29) is 17.0 Å². The lowest BCUT2D eigenvalue weighted by atomic mass is 10.1. The van der Waals surface area contributed by atoms with Crippen molar-refractivity contribution in [1.29, 1.82) is 0 Å². The summed E-state index contributed by atoms with van der Waals surface area (Å²) in [6, 6.07) is 5.16. The van der Waals surface area contributed by atoms with Crippen molar-refractivity contribution in [3.05, 3.63) is 33.8 Å². The molecule has 1 aromatic carbocycles. The van der Waals surface area contributed by atoms with Gasteiger partial charge in [-0.25, -0.2) is 4.79 Å². The molecule has 0 spiro atoms. The number of amides is 3. The van der Waals surface area contributed by atoms with Crippen LogP contribution in [0.5, 0.6) is 0 Å². The number of carbonyl (C=O) groups is 2. The monoisotopic (exact) mass is 369 g/mol. The Morgan fingerprint density at radius 2 is 1.38 bits per heavy atom. The van der Waals surface area contributed by atoms with Gasteiger partial charge in [0, 0.05) is 39.3 Å². The molecule has 2 saturated heterocycles. The molecule has 130 valence electrons. The highest BCUT2D eigenvalue weighted by Crippen LogP contribution is 2.27. The fourth-order valence-corrected chi connectivity index (χ4v) is 3.61. The topological polar surface area (TPSA) is 43.9 Å². The zero-order chi connectivity index (χ0) is 17.1.